The van der Waals surface area contributed by atoms with Gasteiger partial charge >= 0.3 is 0 Å². The normalized spacial score (nSPS) is 14.0. The van der Waals surface area contributed by atoms with E-state index in [0.717, 1.165) is 23.1 Å². The molecule has 5 nitrogen and oxygen atoms in total. The summed E-state index contributed by atoms with van der Waals surface area (Å²) in [6.45, 7) is 6.83. The molecule has 0 atom stereocenters. The van der Waals surface area contributed by atoms with Gasteiger partial charge < -0.3 is 4.90 Å². The smallest absolute Gasteiger partial charge is 0.262 e. The molecular formula is C20H24N2O3S. The van der Waals surface area contributed by atoms with Gasteiger partial charge in [-0.2, -0.15) is 0 Å². The molecule has 2 aromatic carbocycles. The number of aryl methyl sites for hydroxylation is 2. The molecule has 1 aliphatic rings. The van der Waals surface area contributed by atoms with Crippen LogP contribution in [0.25, 0.3) is 0 Å². The van der Waals surface area contributed by atoms with Crippen LogP contribution in [0.15, 0.2) is 41.3 Å². The van der Waals surface area contributed by atoms with Crippen molar-refractivity contribution >= 4 is 21.6 Å². The van der Waals surface area contributed by atoms with Crippen molar-refractivity contribution in [3.8, 4) is 0 Å². The molecule has 1 N–H and O–H groups in total. The summed E-state index contributed by atoms with van der Waals surface area (Å²) in [5, 5.41) is 0. The van der Waals surface area contributed by atoms with Crippen molar-refractivity contribution in [3.05, 3.63) is 58.7 Å². The van der Waals surface area contributed by atoms with Crippen LogP contribution >= 0.6 is 0 Å². The molecule has 6 heteroatoms. The van der Waals surface area contributed by atoms with Crippen molar-refractivity contribution in [2.45, 2.75) is 45.1 Å². The zero-order chi connectivity index (χ0) is 18.9. The maximum atomic E-state index is 12.7. The fourth-order valence-electron chi connectivity index (χ4n) is 3.37. The van der Waals surface area contributed by atoms with Gasteiger partial charge in [-0.25, -0.2) is 8.42 Å². The predicted octanol–water partition coefficient (Wildman–Crippen LogP) is 3.40. The van der Waals surface area contributed by atoms with Crippen molar-refractivity contribution < 1.29 is 13.2 Å². The van der Waals surface area contributed by atoms with Gasteiger partial charge in [-0.1, -0.05) is 30.7 Å². The van der Waals surface area contributed by atoms with Crippen LogP contribution < -0.4 is 4.72 Å². The first kappa shape index (κ1) is 18.5. The first-order valence-electron chi connectivity index (χ1n) is 8.80. The largest absolute Gasteiger partial charge is 0.338 e. The molecule has 0 aromatic heterocycles. The van der Waals surface area contributed by atoms with Crippen LogP contribution in [-0.2, 0) is 27.8 Å². The molecule has 0 saturated heterocycles. The van der Waals surface area contributed by atoms with Gasteiger partial charge in [-0.05, 0) is 55.2 Å². The monoisotopic (exact) mass is 372 g/mol. The number of benzene rings is 2. The van der Waals surface area contributed by atoms with Crippen molar-refractivity contribution in [3.63, 3.8) is 0 Å². The fourth-order valence-corrected chi connectivity index (χ4v) is 4.65. The third kappa shape index (κ3) is 3.75. The van der Waals surface area contributed by atoms with E-state index < -0.39 is 10.0 Å². The zero-order valence-electron chi connectivity index (χ0n) is 15.4. The molecule has 0 spiro atoms. The van der Waals surface area contributed by atoms with Gasteiger partial charge in [-0.15, -0.1) is 0 Å². The first-order valence-corrected chi connectivity index (χ1v) is 10.3. The number of carbonyl (C=O) groups excluding carboxylic acids is 1. The number of hydrogen-bond donors (Lipinski definition) is 1. The molecule has 1 heterocycles. The quantitative estimate of drug-likeness (QED) is 0.894. The van der Waals surface area contributed by atoms with E-state index >= 15 is 0 Å². The molecule has 1 amide bonds. The number of hydrogen-bond acceptors (Lipinski definition) is 3. The number of nitrogens with zero attached hydrogens (tertiary/aromatic N) is 1. The molecule has 26 heavy (non-hydrogen) atoms. The van der Waals surface area contributed by atoms with Crippen molar-refractivity contribution in [2.24, 2.45) is 0 Å². The second-order valence-corrected chi connectivity index (χ2v) is 8.43. The molecule has 0 saturated carbocycles. The number of nitrogens with one attached hydrogen (secondary N) is 1. The van der Waals surface area contributed by atoms with Crippen LogP contribution in [0.1, 0.15) is 35.6 Å². The van der Waals surface area contributed by atoms with Crippen molar-refractivity contribution in [2.75, 3.05) is 11.3 Å². The number of amides is 1. The Labute approximate surface area is 155 Å². The lowest BCUT2D eigenvalue weighted by Gasteiger charge is -2.29. The average Bonchev–Trinajstić information content (AvgIpc) is 2.59. The molecule has 0 aliphatic carbocycles. The van der Waals surface area contributed by atoms with E-state index in [1.54, 1.807) is 25.1 Å². The van der Waals surface area contributed by atoms with Crippen LogP contribution in [0.2, 0.25) is 0 Å². The van der Waals surface area contributed by atoms with Gasteiger partial charge in [0.2, 0.25) is 5.91 Å². The van der Waals surface area contributed by atoms with Crippen molar-refractivity contribution in [1.29, 1.82) is 0 Å². The average molecular weight is 372 g/mol. The maximum absolute atomic E-state index is 12.7. The Bertz CT molecular complexity index is 952. The second kappa shape index (κ2) is 7.11. The van der Waals surface area contributed by atoms with E-state index in [2.05, 4.69) is 4.72 Å². The lowest BCUT2D eigenvalue weighted by atomic mass is 9.99. The predicted molar refractivity (Wildman–Crippen MR) is 103 cm³/mol. The topological polar surface area (TPSA) is 66.5 Å². The van der Waals surface area contributed by atoms with Gasteiger partial charge in [0.25, 0.3) is 10.0 Å². The molecule has 3 rings (SSSR count). The lowest BCUT2D eigenvalue weighted by molar-refractivity contribution is -0.131. The SMILES string of the molecule is CCC(=O)N1CCc2ccc(NS(=O)(=O)c3ccc(C)cc3C)cc2C1. The van der Waals surface area contributed by atoms with Crippen LogP contribution in [0.3, 0.4) is 0 Å². The highest BCUT2D eigenvalue weighted by Gasteiger charge is 2.21. The highest BCUT2D eigenvalue weighted by atomic mass is 32.2. The number of fused-ring (bicyclic) bond motifs is 1. The third-order valence-corrected chi connectivity index (χ3v) is 6.29. The molecule has 0 fully saturated rings. The number of carbonyl (C=O) groups is 1. The first-order chi connectivity index (χ1) is 12.3. The molecule has 138 valence electrons. The number of rotatable bonds is 4. The molecule has 2 aromatic rings. The highest BCUT2D eigenvalue weighted by molar-refractivity contribution is 7.92. The summed E-state index contributed by atoms with van der Waals surface area (Å²) in [4.78, 5) is 14.1. The summed E-state index contributed by atoms with van der Waals surface area (Å²) < 4.78 is 28.2. The Hall–Kier alpha value is -2.34. The minimum Gasteiger partial charge on any atom is -0.338 e. The van der Waals surface area contributed by atoms with Crippen LogP contribution in [0.5, 0.6) is 0 Å². The van der Waals surface area contributed by atoms with Crippen LogP contribution in [0, 0.1) is 13.8 Å². The molecule has 0 bridgehead atoms. The Morgan fingerprint density at radius 2 is 1.88 bits per heavy atom. The summed E-state index contributed by atoms with van der Waals surface area (Å²) in [7, 11) is -3.65. The van der Waals surface area contributed by atoms with E-state index in [-0.39, 0.29) is 10.8 Å². The standard InChI is InChI=1S/C20H24N2O3S/c1-4-20(23)22-10-9-16-6-7-18(12-17(16)13-22)21-26(24,25)19-8-5-14(2)11-15(19)3/h5-8,11-12,21H,4,9-10,13H2,1-3H3. The maximum Gasteiger partial charge on any atom is 0.262 e. The highest BCUT2D eigenvalue weighted by Crippen LogP contribution is 2.25. The van der Waals surface area contributed by atoms with E-state index in [1.807, 2.05) is 36.9 Å². The fraction of sp³-hybridized carbons (Fsp3) is 0.350. The number of sulfonamides is 1. The molecule has 0 radical (unpaired) electrons. The Morgan fingerprint density at radius 3 is 2.58 bits per heavy atom. The molecule has 0 unspecified atom stereocenters. The third-order valence-electron chi connectivity index (χ3n) is 4.75. The minimum atomic E-state index is -3.65. The van der Waals surface area contributed by atoms with E-state index in [1.165, 1.54) is 5.56 Å². The summed E-state index contributed by atoms with van der Waals surface area (Å²) in [5.41, 5.74) is 4.43. The van der Waals surface area contributed by atoms with E-state index in [4.69, 9.17) is 0 Å². The summed E-state index contributed by atoms with van der Waals surface area (Å²) in [5.74, 6) is 0.122. The Kier molecular flexibility index (Phi) is 5.05. The van der Waals surface area contributed by atoms with Crippen LogP contribution in [-0.4, -0.2) is 25.8 Å². The van der Waals surface area contributed by atoms with Gasteiger partial charge in [0.1, 0.15) is 0 Å². The molecule has 1 aliphatic heterocycles. The lowest BCUT2D eigenvalue weighted by Crippen LogP contribution is -2.35. The van der Waals surface area contributed by atoms with Gasteiger partial charge in [0.05, 0.1) is 4.90 Å². The zero-order valence-corrected chi connectivity index (χ0v) is 16.2. The Balaban J connectivity index is 1.86. The van der Waals surface area contributed by atoms with E-state index in [9.17, 15) is 13.2 Å². The van der Waals surface area contributed by atoms with Gasteiger partial charge in [0, 0.05) is 25.2 Å². The minimum absolute atomic E-state index is 0.122. The molecular weight excluding hydrogens is 348 g/mol. The van der Waals surface area contributed by atoms with Gasteiger partial charge in [0.15, 0.2) is 0 Å². The van der Waals surface area contributed by atoms with Crippen LogP contribution in [0.4, 0.5) is 5.69 Å². The Morgan fingerprint density at radius 1 is 1.12 bits per heavy atom. The van der Waals surface area contributed by atoms with Gasteiger partial charge in [-0.3, -0.25) is 9.52 Å². The van der Waals surface area contributed by atoms with Crippen molar-refractivity contribution in [1.82, 2.24) is 4.90 Å². The summed E-state index contributed by atoms with van der Waals surface area (Å²) in [6.07, 6.45) is 1.28. The van der Waals surface area contributed by atoms with E-state index in [0.29, 0.717) is 25.2 Å². The summed E-state index contributed by atoms with van der Waals surface area (Å²) >= 11 is 0. The summed E-state index contributed by atoms with van der Waals surface area (Å²) in [6, 6.07) is 10.9. The second-order valence-electron chi connectivity index (χ2n) is 6.78. The number of anilines is 1.